The lowest BCUT2D eigenvalue weighted by atomic mass is 10.1. The zero-order valence-electron chi connectivity index (χ0n) is 10.4. The Kier molecular flexibility index (Phi) is 11.1. The van der Waals surface area contributed by atoms with Crippen molar-refractivity contribution in [1.82, 2.24) is 0 Å². The van der Waals surface area contributed by atoms with Gasteiger partial charge in [0, 0.05) is 6.42 Å². The highest BCUT2D eigenvalue weighted by atomic mass is 16.5. The first-order chi connectivity index (χ1) is 7.31. The fourth-order valence-corrected chi connectivity index (χ4v) is 1.64. The molecule has 0 unspecified atom stereocenters. The van der Waals surface area contributed by atoms with Gasteiger partial charge in [-0.05, 0) is 13.3 Å². The highest BCUT2D eigenvalue weighted by Gasteiger charge is 2.00. The van der Waals surface area contributed by atoms with Crippen molar-refractivity contribution in [3.05, 3.63) is 0 Å². The van der Waals surface area contributed by atoms with E-state index in [9.17, 15) is 4.79 Å². The third kappa shape index (κ3) is 11.4. The summed E-state index contributed by atoms with van der Waals surface area (Å²) in [5.74, 6) is -0.0384. The number of hydrogen-bond acceptors (Lipinski definition) is 2. The molecule has 0 amide bonds. The molecule has 0 N–H and O–H groups in total. The van der Waals surface area contributed by atoms with Crippen molar-refractivity contribution in [2.24, 2.45) is 0 Å². The van der Waals surface area contributed by atoms with Gasteiger partial charge in [-0.15, -0.1) is 0 Å². The van der Waals surface area contributed by atoms with E-state index in [1.54, 1.807) is 0 Å². The van der Waals surface area contributed by atoms with Crippen molar-refractivity contribution >= 4 is 5.97 Å². The van der Waals surface area contributed by atoms with E-state index in [0.29, 0.717) is 13.0 Å². The van der Waals surface area contributed by atoms with Crippen molar-refractivity contribution in [3.63, 3.8) is 0 Å². The predicted octanol–water partition coefficient (Wildman–Crippen LogP) is 4.08. The van der Waals surface area contributed by atoms with Crippen LogP contribution in [0, 0.1) is 0 Å². The molecule has 0 radical (unpaired) electrons. The minimum absolute atomic E-state index is 0.0384. The molecule has 0 aromatic rings. The maximum absolute atomic E-state index is 11.0. The molecule has 0 aromatic carbocycles. The van der Waals surface area contributed by atoms with Crippen LogP contribution in [0.25, 0.3) is 0 Å². The predicted molar refractivity (Wildman–Crippen MR) is 63.9 cm³/mol. The third-order valence-electron chi connectivity index (χ3n) is 2.54. The molecule has 0 aliphatic carbocycles. The van der Waals surface area contributed by atoms with Crippen LogP contribution in [0.4, 0.5) is 0 Å². The van der Waals surface area contributed by atoms with Crippen LogP contribution in [-0.2, 0) is 9.53 Å². The Morgan fingerprint density at radius 2 is 1.40 bits per heavy atom. The van der Waals surface area contributed by atoms with Gasteiger partial charge < -0.3 is 4.74 Å². The fourth-order valence-electron chi connectivity index (χ4n) is 1.64. The van der Waals surface area contributed by atoms with E-state index in [1.807, 2.05) is 6.92 Å². The standard InChI is InChI=1S/C13H26O2/c1-3-5-6-7-8-9-10-11-12-13(14)15-4-2/h3-12H2,1-2H3. The van der Waals surface area contributed by atoms with Crippen molar-refractivity contribution in [2.75, 3.05) is 6.61 Å². The molecule has 15 heavy (non-hydrogen) atoms. The molecule has 2 nitrogen and oxygen atoms in total. The second-order valence-electron chi connectivity index (χ2n) is 4.03. The zero-order chi connectivity index (χ0) is 11.4. The zero-order valence-corrected chi connectivity index (χ0v) is 10.4. The van der Waals surface area contributed by atoms with Gasteiger partial charge in [0.05, 0.1) is 6.61 Å². The van der Waals surface area contributed by atoms with E-state index in [2.05, 4.69) is 6.92 Å². The lowest BCUT2D eigenvalue weighted by molar-refractivity contribution is -0.143. The van der Waals surface area contributed by atoms with Gasteiger partial charge in [0.2, 0.25) is 0 Å². The quantitative estimate of drug-likeness (QED) is 0.404. The van der Waals surface area contributed by atoms with E-state index in [4.69, 9.17) is 4.74 Å². The molecule has 0 bridgehead atoms. The lowest BCUT2D eigenvalue weighted by Crippen LogP contribution is -2.03. The first-order valence-electron chi connectivity index (χ1n) is 6.46. The molecule has 0 saturated carbocycles. The van der Waals surface area contributed by atoms with Crippen LogP contribution in [0.2, 0.25) is 0 Å². The smallest absolute Gasteiger partial charge is 0.305 e. The topological polar surface area (TPSA) is 26.3 Å². The summed E-state index contributed by atoms with van der Waals surface area (Å²) in [7, 11) is 0. The monoisotopic (exact) mass is 214 g/mol. The maximum Gasteiger partial charge on any atom is 0.305 e. The SMILES string of the molecule is CCCCCCCCCCC(=O)OCC. The molecular formula is C13H26O2. The van der Waals surface area contributed by atoms with Gasteiger partial charge in [0.15, 0.2) is 0 Å². The average molecular weight is 214 g/mol. The Morgan fingerprint density at radius 1 is 0.867 bits per heavy atom. The van der Waals surface area contributed by atoms with E-state index >= 15 is 0 Å². The van der Waals surface area contributed by atoms with Crippen molar-refractivity contribution in [1.29, 1.82) is 0 Å². The Balaban J connectivity index is 3.01. The Morgan fingerprint density at radius 3 is 1.93 bits per heavy atom. The van der Waals surface area contributed by atoms with Gasteiger partial charge in [-0.3, -0.25) is 4.79 Å². The summed E-state index contributed by atoms with van der Waals surface area (Å²) in [5, 5.41) is 0. The summed E-state index contributed by atoms with van der Waals surface area (Å²) in [6.45, 7) is 4.60. The molecule has 0 rings (SSSR count). The minimum Gasteiger partial charge on any atom is -0.466 e. The fraction of sp³-hybridized carbons (Fsp3) is 0.923. The largest absolute Gasteiger partial charge is 0.466 e. The summed E-state index contributed by atoms with van der Waals surface area (Å²) in [6.07, 6.45) is 10.7. The van der Waals surface area contributed by atoms with E-state index < -0.39 is 0 Å². The first kappa shape index (κ1) is 14.5. The summed E-state index contributed by atoms with van der Waals surface area (Å²) in [5.41, 5.74) is 0. The maximum atomic E-state index is 11.0. The number of ether oxygens (including phenoxy) is 1. The van der Waals surface area contributed by atoms with Gasteiger partial charge in [0.1, 0.15) is 0 Å². The van der Waals surface area contributed by atoms with Crippen LogP contribution in [0.1, 0.15) is 71.6 Å². The normalized spacial score (nSPS) is 10.3. The molecule has 0 aliphatic heterocycles. The Labute approximate surface area is 94.4 Å². The Bertz CT molecular complexity index is 143. The molecule has 0 aromatic heterocycles. The van der Waals surface area contributed by atoms with Crippen LogP contribution in [0.15, 0.2) is 0 Å². The first-order valence-corrected chi connectivity index (χ1v) is 6.46. The molecule has 0 atom stereocenters. The molecule has 90 valence electrons. The van der Waals surface area contributed by atoms with Crippen molar-refractivity contribution in [3.8, 4) is 0 Å². The van der Waals surface area contributed by atoms with Gasteiger partial charge in [-0.1, -0.05) is 51.9 Å². The van der Waals surface area contributed by atoms with Gasteiger partial charge in [0.25, 0.3) is 0 Å². The van der Waals surface area contributed by atoms with Gasteiger partial charge in [-0.25, -0.2) is 0 Å². The summed E-state index contributed by atoms with van der Waals surface area (Å²) >= 11 is 0. The van der Waals surface area contributed by atoms with Crippen LogP contribution >= 0.6 is 0 Å². The number of rotatable bonds is 10. The lowest BCUT2D eigenvalue weighted by Gasteiger charge is -2.02. The summed E-state index contributed by atoms with van der Waals surface area (Å²) in [6, 6.07) is 0. The second kappa shape index (κ2) is 11.5. The molecular weight excluding hydrogens is 188 g/mol. The van der Waals surface area contributed by atoms with Crippen LogP contribution in [0.5, 0.6) is 0 Å². The second-order valence-corrected chi connectivity index (χ2v) is 4.03. The van der Waals surface area contributed by atoms with Crippen LogP contribution in [0.3, 0.4) is 0 Å². The van der Waals surface area contributed by atoms with E-state index in [0.717, 1.165) is 6.42 Å². The van der Waals surface area contributed by atoms with Crippen molar-refractivity contribution in [2.45, 2.75) is 71.6 Å². The van der Waals surface area contributed by atoms with Crippen LogP contribution < -0.4 is 0 Å². The average Bonchev–Trinajstić information content (AvgIpc) is 2.22. The molecule has 0 aliphatic rings. The molecule has 0 fully saturated rings. The third-order valence-corrected chi connectivity index (χ3v) is 2.54. The summed E-state index contributed by atoms with van der Waals surface area (Å²) < 4.78 is 4.86. The number of unbranched alkanes of at least 4 members (excludes halogenated alkanes) is 7. The van der Waals surface area contributed by atoms with E-state index in [-0.39, 0.29) is 5.97 Å². The van der Waals surface area contributed by atoms with E-state index in [1.165, 1.54) is 44.9 Å². The molecule has 2 heteroatoms. The molecule has 0 saturated heterocycles. The van der Waals surface area contributed by atoms with Crippen molar-refractivity contribution < 1.29 is 9.53 Å². The molecule has 0 heterocycles. The number of carbonyl (C=O) groups excluding carboxylic acids is 1. The number of hydrogen-bond donors (Lipinski definition) is 0. The minimum atomic E-state index is -0.0384. The Hall–Kier alpha value is -0.530. The highest BCUT2D eigenvalue weighted by Crippen LogP contribution is 2.09. The summed E-state index contributed by atoms with van der Waals surface area (Å²) in [4.78, 5) is 11.0. The number of esters is 1. The highest BCUT2D eigenvalue weighted by molar-refractivity contribution is 5.69. The van der Waals surface area contributed by atoms with Gasteiger partial charge >= 0.3 is 5.97 Å². The number of carbonyl (C=O) groups is 1. The van der Waals surface area contributed by atoms with Gasteiger partial charge in [-0.2, -0.15) is 0 Å². The van der Waals surface area contributed by atoms with Crippen LogP contribution in [-0.4, -0.2) is 12.6 Å². The molecule has 0 spiro atoms.